The number of aromatic nitrogens is 4. The summed E-state index contributed by atoms with van der Waals surface area (Å²) in [5, 5.41) is 9.41. The van der Waals surface area contributed by atoms with E-state index in [0.717, 1.165) is 11.3 Å². The van der Waals surface area contributed by atoms with Gasteiger partial charge >= 0.3 is 0 Å². The predicted molar refractivity (Wildman–Crippen MR) is 103 cm³/mol. The van der Waals surface area contributed by atoms with Crippen LogP contribution in [0.2, 0.25) is 5.02 Å². The first-order valence-electron chi connectivity index (χ1n) is 7.91. The van der Waals surface area contributed by atoms with Gasteiger partial charge in [-0.3, -0.25) is 4.79 Å². The first-order chi connectivity index (χ1) is 13.1. The molecule has 0 aliphatic heterocycles. The third kappa shape index (κ3) is 3.81. The molecule has 1 N–H and O–H groups in total. The topological polar surface area (TPSA) is 93.9 Å². The lowest BCUT2D eigenvalue weighted by Crippen LogP contribution is -2.11. The van der Waals surface area contributed by atoms with E-state index in [1.807, 2.05) is 24.3 Å². The lowest BCUT2D eigenvalue weighted by atomic mass is 10.2. The zero-order chi connectivity index (χ0) is 18.8. The Bertz CT molecular complexity index is 1160. The van der Waals surface area contributed by atoms with E-state index in [2.05, 4.69) is 20.2 Å². The molecule has 0 aliphatic rings. The Morgan fingerprint density at radius 3 is 2.78 bits per heavy atom. The van der Waals surface area contributed by atoms with E-state index in [1.54, 1.807) is 25.3 Å². The van der Waals surface area contributed by atoms with Gasteiger partial charge in [-0.25, -0.2) is 4.98 Å². The van der Waals surface area contributed by atoms with E-state index in [4.69, 9.17) is 20.8 Å². The van der Waals surface area contributed by atoms with Crippen LogP contribution in [0.25, 0.3) is 22.4 Å². The number of H-pyrrole nitrogens is 1. The Hall–Kier alpha value is -2.84. The summed E-state index contributed by atoms with van der Waals surface area (Å²) >= 11 is 7.22. The minimum absolute atomic E-state index is 0.234. The lowest BCUT2D eigenvalue weighted by molar-refractivity contribution is 0.414. The molecule has 0 saturated carbocycles. The summed E-state index contributed by atoms with van der Waals surface area (Å²) in [4.78, 5) is 19.4. The van der Waals surface area contributed by atoms with Gasteiger partial charge in [0.05, 0.1) is 23.8 Å². The molecule has 0 spiro atoms. The smallest absolute Gasteiger partial charge is 0.277 e. The molecular formula is C18H13ClN4O3S. The summed E-state index contributed by atoms with van der Waals surface area (Å²) in [5.41, 5.74) is 1.15. The number of hydrogen-bond acceptors (Lipinski definition) is 7. The maximum absolute atomic E-state index is 12.2. The van der Waals surface area contributed by atoms with Gasteiger partial charge in [0.1, 0.15) is 11.6 Å². The van der Waals surface area contributed by atoms with Gasteiger partial charge in [-0.15, -0.1) is 10.2 Å². The Morgan fingerprint density at radius 2 is 2.00 bits per heavy atom. The fourth-order valence-electron chi connectivity index (χ4n) is 2.48. The largest absolute Gasteiger partial charge is 0.497 e. The second-order valence-electron chi connectivity index (χ2n) is 5.56. The monoisotopic (exact) mass is 400 g/mol. The van der Waals surface area contributed by atoms with Crippen molar-refractivity contribution in [2.24, 2.45) is 0 Å². The van der Waals surface area contributed by atoms with Gasteiger partial charge in [0.2, 0.25) is 5.89 Å². The van der Waals surface area contributed by atoms with Gasteiger partial charge in [-0.1, -0.05) is 23.4 Å². The van der Waals surface area contributed by atoms with Crippen LogP contribution in [0.5, 0.6) is 5.75 Å². The Morgan fingerprint density at radius 1 is 1.19 bits per heavy atom. The number of nitrogens with zero attached hydrogens (tertiary/aromatic N) is 3. The van der Waals surface area contributed by atoms with Gasteiger partial charge in [-0.2, -0.15) is 0 Å². The van der Waals surface area contributed by atoms with Gasteiger partial charge in [0.15, 0.2) is 0 Å². The molecule has 0 bridgehead atoms. The van der Waals surface area contributed by atoms with Crippen LogP contribution in [-0.4, -0.2) is 27.3 Å². The number of benzene rings is 2. The third-order valence-electron chi connectivity index (χ3n) is 3.79. The van der Waals surface area contributed by atoms with E-state index < -0.39 is 0 Å². The van der Waals surface area contributed by atoms with Crippen LogP contribution in [0.1, 0.15) is 5.82 Å². The molecule has 27 heavy (non-hydrogen) atoms. The third-order valence-corrected chi connectivity index (χ3v) is 4.86. The van der Waals surface area contributed by atoms with E-state index in [-0.39, 0.29) is 5.56 Å². The fourth-order valence-corrected chi connectivity index (χ4v) is 3.28. The first-order valence-corrected chi connectivity index (χ1v) is 9.28. The number of aromatic amines is 1. The zero-order valence-corrected chi connectivity index (χ0v) is 15.7. The maximum atomic E-state index is 12.2. The van der Waals surface area contributed by atoms with Crippen LogP contribution in [-0.2, 0) is 5.75 Å². The van der Waals surface area contributed by atoms with Gasteiger partial charge in [-0.05, 0) is 42.5 Å². The highest BCUT2D eigenvalue weighted by Gasteiger charge is 2.11. The molecule has 0 radical (unpaired) electrons. The van der Waals surface area contributed by atoms with Crippen LogP contribution in [0.15, 0.2) is 56.9 Å². The van der Waals surface area contributed by atoms with Crippen molar-refractivity contribution < 1.29 is 9.15 Å². The van der Waals surface area contributed by atoms with E-state index >= 15 is 0 Å². The lowest BCUT2D eigenvalue weighted by Gasteiger charge is -2.02. The average Bonchev–Trinajstić information content (AvgIpc) is 3.16. The number of ether oxygens (including phenoxy) is 1. The number of halogens is 1. The second-order valence-corrected chi connectivity index (χ2v) is 6.93. The molecule has 0 atom stereocenters. The summed E-state index contributed by atoms with van der Waals surface area (Å²) in [6.07, 6.45) is 0. The average molecular weight is 401 g/mol. The van der Waals surface area contributed by atoms with Gasteiger partial charge in [0.25, 0.3) is 10.8 Å². The van der Waals surface area contributed by atoms with Gasteiger partial charge < -0.3 is 14.1 Å². The summed E-state index contributed by atoms with van der Waals surface area (Å²) in [6, 6.07) is 12.3. The van der Waals surface area contributed by atoms with Gasteiger partial charge in [0, 0.05) is 10.6 Å². The Kier molecular flexibility index (Phi) is 4.83. The van der Waals surface area contributed by atoms with Crippen molar-refractivity contribution in [2.75, 3.05) is 7.11 Å². The molecule has 2 aromatic carbocycles. The summed E-state index contributed by atoms with van der Waals surface area (Å²) in [7, 11) is 1.61. The van der Waals surface area contributed by atoms with Crippen molar-refractivity contribution in [2.45, 2.75) is 11.0 Å². The van der Waals surface area contributed by atoms with E-state index in [1.165, 1.54) is 11.8 Å². The van der Waals surface area contributed by atoms with E-state index in [9.17, 15) is 4.79 Å². The molecule has 2 heterocycles. The molecule has 2 aromatic heterocycles. The molecule has 0 saturated heterocycles. The van der Waals surface area contributed by atoms with Crippen molar-refractivity contribution in [3.8, 4) is 17.2 Å². The molecule has 4 aromatic rings. The van der Waals surface area contributed by atoms with Crippen LogP contribution in [0.3, 0.4) is 0 Å². The van der Waals surface area contributed by atoms with Crippen LogP contribution < -0.4 is 10.3 Å². The van der Waals surface area contributed by atoms with Crippen LogP contribution in [0, 0.1) is 0 Å². The molecule has 0 amide bonds. The Labute approximate surface area is 162 Å². The molecule has 0 aliphatic carbocycles. The molecular weight excluding hydrogens is 388 g/mol. The molecule has 4 rings (SSSR count). The number of nitrogens with one attached hydrogen (secondary N) is 1. The van der Waals surface area contributed by atoms with Crippen LogP contribution in [0.4, 0.5) is 0 Å². The van der Waals surface area contributed by atoms with E-state index in [0.29, 0.717) is 38.6 Å². The summed E-state index contributed by atoms with van der Waals surface area (Å²) in [5.74, 6) is 2.07. The first kappa shape index (κ1) is 17.6. The van der Waals surface area contributed by atoms with Crippen molar-refractivity contribution in [1.29, 1.82) is 0 Å². The minimum Gasteiger partial charge on any atom is -0.497 e. The number of thioether (sulfide) groups is 1. The highest BCUT2D eigenvalue weighted by atomic mass is 35.5. The minimum atomic E-state index is -0.234. The quantitative estimate of drug-likeness (QED) is 0.507. The van der Waals surface area contributed by atoms with Crippen molar-refractivity contribution in [3.63, 3.8) is 0 Å². The number of hydrogen-bond donors (Lipinski definition) is 1. The highest BCUT2D eigenvalue weighted by Crippen LogP contribution is 2.26. The summed E-state index contributed by atoms with van der Waals surface area (Å²) in [6.45, 7) is 0. The zero-order valence-electron chi connectivity index (χ0n) is 14.1. The maximum Gasteiger partial charge on any atom is 0.277 e. The highest BCUT2D eigenvalue weighted by molar-refractivity contribution is 7.98. The summed E-state index contributed by atoms with van der Waals surface area (Å²) < 4.78 is 10.8. The van der Waals surface area contributed by atoms with Crippen LogP contribution >= 0.6 is 23.4 Å². The SMILES string of the molecule is COc1ccc(-c2nnc(SCc3nc4ccc(Cl)cc4c(=O)[nH]3)o2)cc1. The predicted octanol–water partition coefficient (Wildman–Crippen LogP) is 3.93. The normalized spacial score (nSPS) is 11.0. The number of rotatable bonds is 5. The Balaban J connectivity index is 1.50. The second kappa shape index (κ2) is 7.42. The van der Waals surface area contributed by atoms with Crippen molar-refractivity contribution in [1.82, 2.24) is 20.2 Å². The number of methoxy groups -OCH3 is 1. The molecule has 9 heteroatoms. The molecule has 0 unspecified atom stereocenters. The molecule has 7 nitrogen and oxygen atoms in total. The number of fused-ring (bicyclic) bond motifs is 1. The van der Waals surface area contributed by atoms with Crippen molar-refractivity contribution in [3.05, 3.63) is 63.7 Å². The van der Waals surface area contributed by atoms with Crippen molar-refractivity contribution >= 4 is 34.3 Å². The molecule has 0 fully saturated rings. The standard InChI is InChI=1S/C18H13ClN4O3S/c1-25-12-5-2-10(3-6-12)17-22-23-18(26-17)27-9-15-20-14-7-4-11(19)8-13(14)16(24)21-15/h2-8H,9H2,1H3,(H,20,21,24). The fraction of sp³-hybridized carbons (Fsp3) is 0.111. The molecule has 136 valence electrons.